The van der Waals surface area contributed by atoms with Gasteiger partial charge in [-0.15, -0.1) is 34.9 Å². The fourth-order valence-electron chi connectivity index (χ4n) is 7.16. The predicted octanol–water partition coefficient (Wildman–Crippen LogP) is 10.3. The minimum Gasteiger partial charge on any atom is -0.455 e. The van der Waals surface area contributed by atoms with Crippen molar-refractivity contribution in [3.8, 4) is 33.9 Å². The first-order valence-corrected chi connectivity index (χ1v) is 15.3. The van der Waals surface area contributed by atoms with E-state index in [0.717, 1.165) is 60.9 Å². The summed E-state index contributed by atoms with van der Waals surface area (Å²) in [5.41, 5.74) is 10.1. The molecule has 4 aromatic carbocycles. The second-order valence-corrected chi connectivity index (χ2v) is 13.7. The van der Waals surface area contributed by atoms with Crippen LogP contribution in [0, 0.1) is 11.5 Å². The third-order valence-corrected chi connectivity index (χ3v) is 11.0. The minimum absolute atomic E-state index is 0. The van der Waals surface area contributed by atoms with Gasteiger partial charge in [-0.25, -0.2) is 9.97 Å². The van der Waals surface area contributed by atoms with Gasteiger partial charge in [-0.3, -0.25) is 0 Å². The van der Waals surface area contributed by atoms with E-state index in [9.17, 15) is 0 Å². The number of aromatic nitrogens is 3. The Kier molecular flexibility index (Phi) is 6.67. The molecule has 0 saturated carbocycles. The van der Waals surface area contributed by atoms with E-state index >= 15 is 0 Å². The standard InChI is InChI=1S/C40H34N3O.Ir/c1-38(2)30-20-18-24(22-31(30)39(3,4)40(38,5)6)32-21-19-25(23-41-32)37-42-33-16-9-7-13-28(33)35(43-37)29-15-11-14-27-26-12-8-10-17-34(26)44-36(27)29;/h7-17,19-23H,1-6H3;/q-1;. The van der Waals surface area contributed by atoms with Gasteiger partial charge in [-0.05, 0) is 40.1 Å². The summed E-state index contributed by atoms with van der Waals surface area (Å²) in [4.78, 5) is 15.0. The van der Waals surface area contributed by atoms with Gasteiger partial charge in [-0.1, -0.05) is 102 Å². The molecule has 0 fully saturated rings. The number of hydrogen-bond acceptors (Lipinski definition) is 4. The average molecular weight is 765 g/mol. The molecule has 7 aromatic rings. The van der Waals surface area contributed by atoms with E-state index < -0.39 is 0 Å². The fraction of sp³-hybridized carbons (Fsp3) is 0.225. The molecule has 1 aliphatic carbocycles. The van der Waals surface area contributed by atoms with Crippen molar-refractivity contribution in [3.63, 3.8) is 0 Å². The van der Waals surface area contributed by atoms with E-state index in [-0.39, 0.29) is 36.4 Å². The molecule has 225 valence electrons. The Labute approximate surface area is 277 Å². The Morgan fingerprint density at radius 2 is 1.40 bits per heavy atom. The first-order chi connectivity index (χ1) is 21.1. The number of fused-ring (bicyclic) bond motifs is 5. The van der Waals surface area contributed by atoms with Crippen LogP contribution in [0.5, 0.6) is 0 Å². The summed E-state index contributed by atoms with van der Waals surface area (Å²) >= 11 is 0. The topological polar surface area (TPSA) is 51.8 Å². The van der Waals surface area contributed by atoms with Gasteiger partial charge < -0.3 is 9.40 Å². The van der Waals surface area contributed by atoms with Gasteiger partial charge in [0.05, 0.1) is 11.2 Å². The number of rotatable bonds is 3. The molecule has 8 rings (SSSR count). The molecular weight excluding hydrogens is 731 g/mol. The fourth-order valence-corrected chi connectivity index (χ4v) is 7.16. The number of nitrogens with zero attached hydrogens (tertiary/aromatic N) is 3. The quantitative estimate of drug-likeness (QED) is 0.168. The molecule has 1 aliphatic rings. The summed E-state index contributed by atoms with van der Waals surface area (Å²) in [6.07, 6.45) is 1.88. The minimum atomic E-state index is 0. The molecule has 0 aliphatic heterocycles. The summed E-state index contributed by atoms with van der Waals surface area (Å²) < 4.78 is 6.39. The predicted molar refractivity (Wildman–Crippen MR) is 180 cm³/mol. The molecule has 1 radical (unpaired) electrons. The zero-order chi connectivity index (χ0) is 30.4. The van der Waals surface area contributed by atoms with Crippen LogP contribution in [0.4, 0.5) is 0 Å². The maximum Gasteiger partial charge on any atom is 0.161 e. The van der Waals surface area contributed by atoms with Gasteiger partial charge in [0, 0.05) is 53.6 Å². The number of para-hydroxylation sites is 3. The maximum absolute atomic E-state index is 6.39. The van der Waals surface area contributed by atoms with Crippen molar-refractivity contribution in [1.29, 1.82) is 0 Å². The number of furan rings is 1. The molecule has 5 heteroatoms. The van der Waals surface area contributed by atoms with Crippen LogP contribution in [0.15, 0.2) is 102 Å². The molecule has 3 heterocycles. The van der Waals surface area contributed by atoms with Crippen LogP contribution in [-0.4, -0.2) is 15.0 Å². The smallest absolute Gasteiger partial charge is 0.161 e. The Morgan fingerprint density at radius 3 is 2.18 bits per heavy atom. The third kappa shape index (κ3) is 4.17. The van der Waals surface area contributed by atoms with Crippen LogP contribution >= 0.6 is 0 Å². The summed E-state index contributed by atoms with van der Waals surface area (Å²) in [7, 11) is 0. The molecule has 0 saturated heterocycles. The molecule has 0 spiro atoms. The van der Waals surface area contributed by atoms with Crippen molar-refractivity contribution in [3.05, 3.63) is 114 Å². The van der Waals surface area contributed by atoms with Gasteiger partial charge in [-0.2, -0.15) is 0 Å². The van der Waals surface area contributed by atoms with Crippen LogP contribution in [0.1, 0.15) is 52.7 Å². The SMILES string of the molecule is CC1(C)c2c[c-]c(-c3ccc(-c4nc(-c5cccc6c5oc5ccccc56)c5ccccc5n4)cn3)cc2C(C)(C)C1(C)C.[Ir]. The molecule has 3 aromatic heterocycles. The van der Waals surface area contributed by atoms with E-state index in [1.807, 2.05) is 42.6 Å². The van der Waals surface area contributed by atoms with Crippen molar-refractivity contribution in [2.24, 2.45) is 5.41 Å². The Bertz CT molecular complexity index is 2260. The van der Waals surface area contributed by atoms with E-state index in [2.05, 4.69) is 102 Å². The van der Waals surface area contributed by atoms with Gasteiger partial charge in [0.1, 0.15) is 11.2 Å². The van der Waals surface area contributed by atoms with Crippen LogP contribution in [0.25, 0.3) is 66.7 Å². The van der Waals surface area contributed by atoms with Crippen LogP contribution in [0.3, 0.4) is 0 Å². The number of hydrogen-bond donors (Lipinski definition) is 0. The second kappa shape index (κ2) is 10.2. The molecule has 0 atom stereocenters. The van der Waals surface area contributed by atoms with Crippen molar-refractivity contribution in [2.45, 2.75) is 52.4 Å². The van der Waals surface area contributed by atoms with E-state index in [0.29, 0.717) is 5.82 Å². The molecule has 0 unspecified atom stereocenters. The maximum atomic E-state index is 6.39. The number of pyridine rings is 1. The molecule has 0 bridgehead atoms. The Hall–Kier alpha value is -4.18. The van der Waals surface area contributed by atoms with E-state index in [4.69, 9.17) is 19.4 Å². The summed E-state index contributed by atoms with van der Waals surface area (Å²) in [6, 6.07) is 34.7. The largest absolute Gasteiger partial charge is 0.455 e. The van der Waals surface area contributed by atoms with E-state index in [1.165, 1.54) is 11.1 Å². The summed E-state index contributed by atoms with van der Waals surface area (Å²) in [5.74, 6) is 0.633. The monoisotopic (exact) mass is 765 g/mol. The first-order valence-electron chi connectivity index (χ1n) is 15.3. The molecule has 4 nitrogen and oxygen atoms in total. The Morgan fingerprint density at radius 1 is 0.689 bits per heavy atom. The summed E-state index contributed by atoms with van der Waals surface area (Å²) in [6.45, 7) is 14.2. The average Bonchev–Trinajstić information content (AvgIpc) is 3.47. The van der Waals surface area contributed by atoms with Crippen molar-refractivity contribution in [2.75, 3.05) is 0 Å². The Balaban J connectivity index is 0.00000325. The second-order valence-electron chi connectivity index (χ2n) is 13.7. The zero-order valence-corrected chi connectivity index (χ0v) is 28.7. The van der Waals surface area contributed by atoms with Crippen LogP contribution < -0.4 is 0 Å². The zero-order valence-electron chi connectivity index (χ0n) is 26.3. The first kappa shape index (κ1) is 29.5. The summed E-state index contributed by atoms with van der Waals surface area (Å²) in [5, 5.41) is 3.16. The molecular formula is C40H34IrN3O-. The van der Waals surface area contributed by atoms with Crippen molar-refractivity contribution < 1.29 is 24.5 Å². The van der Waals surface area contributed by atoms with E-state index in [1.54, 1.807) is 0 Å². The van der Waals surface area contributed by atoms with Crippen LogP contribution in [0.2, 0.25) is 0 Å². The molecule has 0 N–H and O–H groups in total. The van der Waals surface area contributed by atoms with Gasteiger partial charge in [0.15, 0.2) is 5.82 Å². The van der Waals surface area contributed by atoms with Gasteiger partial charge in [0.25, 0.3) is 0 Å². The van der Waals surface area contributed by atoms with Crippen LogP contribution in [-0.2, 0) is 30.9 Å². The van der Waals surface area contributed by atoms with Gasteiger partial charge in [0.2, 0.25) is 0 Å². The molecule has 0 amide bonds. The van der Waals surface area contributed by atoms with Crippen molar-refractivity contribution in [1.82, 2.24) is 15.0 Å². The molecule has 45 heavy (non-hydrogen) atoms. The van der Waals surface area contributed by atoms with Gasteiger partial charge >= 0.3 is 0 Å². The number of benzene rings is 4. The normalized spacial score (nSPS) is 16.1. The third-order valence-electron chi connectivity index (χ3n) is 11.0. The van der Waals surface area contributed by atoms with Crippen molar-refractivity contribution >= 4 is 32.8 Å².